The van der Waals surface area contributed by atoms with Gasteiger partial charge in [0, 0.05) is 5.70 Å². The van der Waals surface area contributed by atoms with Crippen LogP contribution >= 0.6 is 0 Å². The van der Waals surface area contributed by atoms with E-state index < -0.39 is 0 Å². The fraction of sp³-hybridized carbons (Fsp3) is 0.0909. The molecule has 2 nitrogen and oxygen atoms in total. The van der Waals surface area contributed by atoms with E-state index >= 15 is 0 Å². The normalized spacial score (nSPS) is 11.7. The van der Waals surface area contributed by atoms with Gasteiger partial charge in [0.15, 0.2) is 0 Å². The second kappa shape index (κ2) is 7.62. The molecule has 24 heavy (non-hydrogen) atoms. The molecule has 1 atom stereocenters. The van der Waals surface area contributed by atoms with E-state index in [0.29, 0.717) is 0 Å². The van der Waals surface area contributed by atoms with Gasteiger partial charge in [0.1, 0.15) is 6.17 Å². The maximum atomic E-state index is 4.19. The molecule has 0 radical (unpaired) electrons. The molecule has 0 aromatic heterocycles. The SMILES string of the molecule is C=C(NC(NC)c1ccccc1)c1ccc(-c2ccccc2)cc1. The highest BCUT2D eigenvalue weighted by Gasteiger charge is 2.09. The molecule has 0 saturated carbocycles. The second-order valence-electron chi connectivity index (χ2n) is 5.70. The van der Waals surface area contributed by atoms with Crippen LogP contribution < -0.4 is 10.6 Å². The van der Waals surface area contributed by atoms with E-state index in [1.165, 1.54) is 16.7 Å². The van der Waals surface area contributed by atoms with Gasteiger partial charge in [-0.3, -0.25) is 5.32 Å². The largest absolute Gasteiger partial charge is 0.366 e. The summed E-state index contributed by atoms with van der Waals surface area (Å²) in [4.78, 5) is 0. The Labute approximate surface area is 143 Å². The monoisotopic (exact) mass is 314 g/mol. The Balaban J connectivity index is 1.73. The molecule has 0 heterocycles. The second-order valence-corrected chi connectivity index (χ2v) is 5.70. The lowest BCUT2D eigenvalue weighted by Crippen LogP contribution is -2.30. The lowest BCUT2D eigenvalue weighted by atomic mass is 10.0. The predicted molar refractivity (Wildman–Crippen MR) is 102 cm³/mol. The number of nitrogens with one attached hydrogen (secondary N) is 2. The van der Waals surface area contributed by atoms with Gasteiger partial charge in [0.25, 0.3) is 0 Å². The number of rotatable bonds is 6. The van der Waals surface area contributed by atoms with Crippen LogP contribution in [0.15, 0.2) is 91.5 Å². The van der Waals surface area contributed by atoms with Crippen LogP contribution in [-0.4, -0.2) is 7.05 Å². The minimum absolute atomic E-state index is 0.0347. The Morgan fingerprint density at radius 3 is 1.88 bits per heavy atom. The zero-order valence-electron chi connectivity index (χ0n) is 13.9. The van der Waals surface area contributed by atoms with Crippen LogP contribution in [0, 0.1) is 0 Å². The van der Waals surface area contributed by atoms with Crippen molar-refractivity contribution in [3.8, 4) is 11.1 Å². The molecular formula is C22H22N2. The van der Waals surface area contributed by atoms with Crippen LogP contribution in [-0.2, 0) is 0 Å². The Morgan fingerprint density at radius 2 is 1.29 bits per heavy atom. The average molecular weight is 314 g/mol. The Kier molecular flexibility index (Phi) is 5.09. The molecule has 0 saturated heterocycles. The number of hydrogen-bond donors (Lipinski definition) is 2. The summed E-state index contributed by atoms with van der Waals surface area (Å²) in [5.74, 6) is 0. The molecule has 1 unspecified atom stereocenters. The third-order valence-corrected chi connectivity index (χ3v) is 4.08. The molecule has 3 rings (SSSR count). The van der Waals surface area contributed by atoms with E-state index in [1.54, 1.807) is 0 Å². The summed E-state index contributed by atoms with van der Waals surface area (Å²) in [6, 6.07) is 29.2. The first-order valence-electron chi connectivity index (χ1n) is 8.11. The van der Waals surface area contributed by atoms with E-state index in [-0.39, 0.29) is 6.17 Å². The van der Waals surface area contributed by atoms with Gasteiger partial charge in [0.2, 0.25) is 0 Å². The highest BCUT2D eigenvalue weighted by molar-refractivity contribution is 5.68. The van der Waals surface area contributed by atoms with Crippen molar-refractivity contribution in [1.82, 2.24) is 10.6 Å². The molecule has 0 aliphatic rings. The average Bonchev–Trinajstić information content (AvgIpc) is 2.67. The molecule has 0 aliphatic heterocycles. The molecule has 0 aliphatic carbocycles. The van der Waals surface area contributed by atoms with Crippen LogP contribution in [0.5, 0.6) is 0 Å². The van der Waals surface area contributed by atoms with Gasteiger partial charge in [0.05, 0.1) is 0 Å². The third-order valence-electron chi connectivity index (χ3n) is 4.08. The highest BCUT2D eigenvalue weighted by atomic mass is 15.1. The lowest BCUT2D eigenvalue weighted by molar-refractivity contribution is 0.551. The van der Waals surface area contributed by atoms with Crippen LogP contribution in [0.25, 0.3) is 16.8 Å². The van der Waals surface area contributed by atoms with E-state index in [4.69, 9.17) is 0 Å². The van der Waals surface area contributed by atoms with E-state index in [0.717, 1.165) is 11.3 Å². The topological polar surface area (TPSA) is 24.1 Å². The van der Waals surface area contributed by atoms with Gasteiger partial charge in [-0.05, 0) is 29.3 Å². The molecule has 2 heteroatoms. The van der Waals surface area contributed by atoms with Crippen molar-refractivity contribution in [2.75, 3.05) is 7.05 Å². The summed E-state index contributed by atoms with van der Waals surface area (Å²) in [5, 5.41) is 6.74. The molecular weight excluding hydrogens is 292 g/mol. The quantitative estimate of drug-likeness (QED) is 0.637. The van der Waals surface area contributed by atoms with E-state index in [1.807, 2.05) is 31.3 Å². The summed E-state index contributed by atoms with van der Waals surface area (Å²) in [5.41, 5.74) is 5.60. The molecule has 2 N–H and O–H groups in total. The first kappa shape index (κ1) is 16.0. The van der Waals surface area contributed by atoms with Gasteiger partial charge in [-0.15, -0.1) is 0 Å². The van der Waals surface area contributed by atoms with Gasteiger partial charge in [-0.1, -0.05) is 91.5 Å². The van der Waals surface area contributed by atoms with Crippen LogP contribution in [0.4, 0.5) is 0 Å². The minimum atomic E-state index is 0.0347. The van der Waals surface area contributed by atoms with Crippen LogP contribution in [0.2, 0.25) is 0 Å². The minimum Gasteiger partial charge on any atom is -0.366 e. The lowest BCUT2D eigenvalue weighted by Gasteiger charge is -2.21. The standard InChI is InChI=1S/C22H22N2/c1-17(24-22(23-2)21-11-7-4-8-12-21)18-13-15-20(16-14-18)19-9-5-3-6-10-19/h3-16,22-24H,1H2,2H3. The first-order chi connectivity index (χ1) is 11.8. The summed E-state index contributed by atoms with van der Waals surface area (Å²) in [6.45, 7) is 4.19. The molecule has 0 fully saturated rings. The van der Waals surface area contributed by atoms with Gasteiger partial charge < -0.3 is 5.32 Å². The smallest absolute Gasteiger partial charge is 0.103 e. The van der Waals surface area contributed by atoms with E-state index in [9.17, 15) is 0 Å². The summed E-state index contributed by atoms with van der Waals surface area (Å²) < 4.78 is 0. The molecule has 120 valence electrons. The number of benzene rings is 3. The fourth-order valence-electron chi connectivity index (χ4n) is 2.72. The zero-order valence-corrected chi connectivity index (χ0v) is 13.9. The Bertz CT molecular complexity index is 777. The molecule has 3 aromatic rings. The van der Waals surface area contributed by atoms with Crippen LogP contribution in [0.3, 0.4) is 0 Å². The van der Waals surface area contributed by atoms with Crippen molar-refractivity contribution in [1.29, 1.82) is 0 Å². The van der Waals surface area contributed by atoms with Crippen molar-refractivity contribution < 1.29 is 0 Å². The van der Waals surface area contributed by atoms with Crippen molar-refractivity contribution in [2.24, 2.45) is 0 Å². The molecule has 0 spiro atoms. The molecule has 3 aromatic carbocycles. The summed E-state index contributed by atoms with van der Waals surface area (Å²) >= 11 is 0. The Morgan fingerprint density at radius 1 is 0.750 bits per heavy atom. The summed E-state index contributed by atoms with van der Waals surface area (Å²) in [6.07, 6.45) is 0.0347. The van der Waals surface area contributed by atoms with Gasteiger partial charge in [-0.25, -0.2) is 0 Å². The first-order valence-corrected chi connectivity index (χ1v) is 8.11. The summed E-state index contributed by atoms with van der Waals surface area (Å²) in [7, 11) is 1.94. The fourth-order valence-corrected chi connectivity index (χ4v) is 2.72. The molecule has 0 bridgehead atoms. The van der Waals surface area contributed by atoms with Crippen molar-refractivity contribution in [2.45, 2.75) is 6.17 Å². The maximum absolute atomic E-state index is 4.19. The van der Waals surface area contributed by atoms with E-state index in [2.05, 4.69) is 77.9 Å². The molecule has 0 amide bonds. The maximum Gasteiger partial charge on any atom is 0.103 e. The van der Waals surface area contributed by atoms with Crippen molar-refractivity contribution in [3.63, 3.8) is 0 Å². The van der Waals surface area contributed by atoms with Crippen LogP contribution in [0.1, 0.15) is 17.3 Å². The highest BCUT2D eigenvalue weighted by Crippen LogP contribution is 2.22. The Hall–Kier alpha value is -2.84. The van der Waals surface area contributed by atoms with Crippen molar-refractivity contribution in [3.05, 3.63) is 103 Å². The zero-order chi connectivity index (χ0) is 16.8. The number of hydrogen-bond acceptors (Lipinski definition) is 2. The van der Waals surface area contributed by atoms with Gasteiger partial charge in [-0.2, -0.15) is 0 Å². The van der Waals surface area contributed by atoms with Crippen molar-refractivity contribution >= 4 is 5.70 Å². The third kappa shape index (κ3) is 3.73. The predicted octanol–water partition coefficient (Wildman–Crippen LogP) is 4.83. The van der Waals surface area contributed by atoms with Gasteiger partial charge >= 0.3 is 0 Å².